The van der Waals surface area contributed by atoms with Crippen LogP contribution in [0.15, 0.2) is 211 Å². The molecule has 0 aromatic heterocycles. The summed E-state index contributed by atoms with van der Waals surface area (Å²) in [7, 11) is -5.87. The second kappa shape index (κ2) is 19.3. The van der Waals surface area contributed by atoms with E-state index in [1.54, 1.807) is 0 Å². The molecule has 0 saturated carbocycles. The third-order valence-corrected chi connectivity index (χ3v) is 12.5. The van der Waals surface area contributed by atoms with Crippen molar-refractivity contribution >= 4 is 44.0 Å². The lowest BCUT2D eigenvalue weighted by Crippen LogP contribution is -2.25. The van der Waals surface area contributed by atoms with Gasteiger partial charge in [0.15, 0.2) is 39.5 Å². The van der Waals surface area contributed by atoms with Gasteiger partial charge in [0.2, 0.25) is 0 Å². The van der Waals surface area contributed by atoms with E-state index >= 15 is 0 Å². The molecule has 6 nitrogen and oxygen atoms in total. The largest absolute Gasteiger partial charge is 0.743 e. The first-order valence-electron chi connectivity index (χ1n) is 14.5. The molecule has 0 radical (unpaired) electrons. The van der Waals surface area contributed by atoms with Gasteiger partial charge in [0.1, 0.15) is 12.0 Å². The first-order chi connectivity index (χ1) is 23.7. The zero-order valence-corrected chi connectivity index (χ0v) is 28.9. The Bertz CT molecular complexity index is 1590. The molecular formula is C37H30F2O6S4. The summed E-state index contributed by atoms with van der Waals surface area (Å²) in [6, 6.07) is 64.3. The van der Waals surface area contributed by atoms with E-state index in [1.165, 1.54) is 29.4 Å². The maximum atomic E-state index is 11.8. The molecule has 0 spiro atoms. The molecule has 6 aromatic rings. The number of alkyl halides is 2. The minimum absolute atomic E-state index is 0.0146. The molecule has 0 unspecified atom stereocenters. The smallest absolute Gasteiger partial charge is 0.409 e. The van der Waals surface area contributed by atoms with Crippen LogP contribution in [0, 0.1) is 0 Å². The van der Waals surface area contributed by atoms with Crippen molar-refractivity contribution in [2.24, 2.45) is 0 Å². The molecule has 0 atom stereocenters. The highest BCUT2D eigenvalue weighted by Gasteiger charge is 2.40. The van der Waals surface area contributed by atoms with E-state index in [4.69, 9.17) is 5.26 Å². The Morgan fingerprint density at radius 2 is 0.673 bits per heavy atom. The first-order valence-corrected chi connectivity index (χ1v) is 19.1. The van der Waals surface area contributed by atoms with Crippen LogP contribution in [0.3, 0.4) is 0 Å². The Kier molecular flexibility index (Phi) is 14.9. The van der Waals surface area contributed by atoms with E-state index in [9.17, 15) is 21.8 Å². The molecule has 0 aliphatic carbocycles. The summed E-state index contributed by atoms with van der Waals surface area (Å²) in [6.07, 6.45) is 0. The lowest BCUT2D eigenvalue weighted by molar-refractivity contribution is -0.777. The Morgan fingerprint density at radius 3 is 0.837 bits per heavy atom. The summed E-state index contributed by atoms with van der Waals surface area (Å²) in [4.78, 5) is 8.17. The molecule has 6 aromatic carbocycles. The fraction of sp³-hybridized carbons (Fsp3) is 0.0270. The number of hydrogen-bond donors (Lipinski definition) is 0. The van der Waals surface area contributed by atoms with Crippen molar-refractivity contribution in [3.8, 4) is 0 Å². The summed E-state index contributed by atoms with van der Waals surface area (Å²) < 4.78 is 50.7. The maximum Gasteiger partial charge on any atom is 0.409 e. The minimum Gasteiger partial charge on any atom is -0.743 e. The summed E-state index contributed by atoms with van der Waals surface area (Å²) in [5.41, 5.74) is 0. The van der Waals surface area contributed by atoms with Gasteiger partial charge >= 0.3 is 4.59 Å². The highest BCUT2D eigenvalue weighted by Crippen LogP contribution is 2.34. The van der Waals surface area contributed by atoms with Crippen molar-refractivity contribution < 1.29 is 36.4 Å². The van der Waals surface area contributed by atoms with E-state index in [0.29, 0.717) is 0 Å². The van der Waals surface area contributed by atoms with Gasteiger partial charge in [-0.1, -0.05) is 109 Å². The van der Waals surface area contributed by atoms with Gasteiger partial charge in [-0.15, -0.1) is 0 Å². The van der Waals surface area contributed by atoms with Crippen LogP contribution in [-0.4, -0.2) is 17.6 Å². The monoisotopic (exact) mass is 736 g/mol. The average molecular weight is 737 g/mol. The summed E-state index contributed by atoms with van der Waals surface area (Å²) in [6.45, 7) is 0. The fourth-order valence-electron chi connectivity index (χ4n) is 4.25. The van der Waals surface area contributed by atoms with Crippen LogP contribution in [0.25, 0.3) is 0 Å². The van der Waals surface area contributed by atoms with Crippen LogP contribution >= 0.6 is 12.0 Å². The Labute approximate surface area is 294 Å². The van der Waals surface area contributed by atoms with Crippen LogP contribution < -0.4 is 5.26 Å². The van der Waals surface area contributed by atoms with Crippen LogP contribution in [0.1, 0.15) is 0 Å². The molecule has 0 heterocycles. The summed E-state index contributed by atoms with van der Waals surface area (Å²) in [5.74, 6) is 0. The van der Waals surface area contributed by atoms with Gasteiger partial charge in [-0.3, -0.25) is 5.04 Å². The molecule has 0 saturated heterocycles. The molecule has 49 heavy (non-hydrogen) atoms. The zero-order chi connectivity index (χ0) is 35.0. The quantitative estimate of drug-likeness (QED) is 0.0457. The second-order valence-electron chi connectivity index (χ2n) is 9.63. The Hall–Kier alpha value is -3.98. The number of hydrogen-bond acceptors (Lipinski definition) is 7. The molecule has 6 rings (SSSR count). The predicted molar refractivity (Wildman–Crippen MR) is 187 cm³/mol. The van der Waals surface area contributed by atoms with Gasteiger partial charge in [-0.2, -0.15) is 13.1 Å². The molecule has 0 fully saturated rings. The van der Waals surface area contributed by atoms with E-state index in [-0.39, 0.29) is 21.8 Å². The predicted octanol–water partition coefficient (Wildman–Crippen LogP) is 8.52. The lowest BCUT2D eigenvalue weighted by atomic mass is 10.4. The van der Waals surface area contributed by atoms with E-state index < -0.39 is 26.7 Å². The van der Waals surface area contributed by atoms with Crippen LogP contribution in [-0.2, 0) is 41.3 Å². The van der Waals surface area contributed by atoms with Crippen LogP contribution in [0.4, 0.5) is 8.78 Å². The van der Waals surface area contributed by atoms with Gasteiger partial charge in [-0.05, 0) is 72.8 Å². The molecule has 252 valence electrons. The SMILES string of the molecule is O=S(=O)([O-])C(F)(F)SOO[O-].c1ccc([S+](c2ccccc2)c2ccccc2)cc1.c1ccc([S+](c2ccccc2)c2ccccc2)cc1. The third-order valence-electron chi connectivity index (χ3n) is 6.32. The first kappa shape index (κ1) is 37.8. The number of halogens is 2. The van der Waals surface area contributed by atoms with Crippen molar-refractivity contribution in [3.05, 3.63) is 182 Å². The van der Waals surface area contributed by atoms with Crippen molar-refractivity contribution in [2.75, 3.05) is 0 Å². The van der Waals surface area contributed by atoms with E-state index in [0.717, 1.165) is 0 Å². The van der Waals surface area contributed by atoms with Gasteiger partial charge in [-0.25, -0.2) is 8.42 Å². The average Bonchev–Trinajstić information content (AvgIpc) is 3.14. The Balaban J connectivity index is 0.000000173. The maximum absolute atomic E-state index is 11.8. The minimum atomic E-state index is -5.84. The lowest BCUT2D eigenvalue weighted by Gasteiger charge is -2.17. The highest BCUT2D eigenvalue weighted by molar-refractivity contribution is 8.09. The number of rotatable bonds is 10. The Morgan fingerprint density at radius 1 is 0.469 bits per heavy atom. The number of benzene rings is 6. The molecule has 0 aliphatic rings. The van der Waals surface area contributed by atoms with Crippen LogP contribution in [0.5, 0.6) is 0 Å². The molecule has 0 N–H and O–H groups in total. The van der Waals surface area contributed by atoms with Crippen molar-refractivity contribution in [2.45, 2.75) is 34.0 Å². The van der Waals surface area contributed by atoms with Crippen LogP contribution in [0.2, 0.25) is 0 Å². The van der Waals surface area contributed by atoms with Gasteiger partial charge in [0, 0.05) is 0 Å². The van der Waals surface area contributed by atoms with Gasteiger partial charge < -0.3 is 9.81 Å². The van der Waals surface area contributed by atoms with Crippen molar-refractivity contribution in [1.29, 1.82) is 0 Å². The standard InChI is InChI=1S/2C18H15S.CH2F2O6S2/c2*1-4-10-16(11-5-1)19(17-12-6-2-7-13-17)18-14-8-3-9-15-18;2-1(3,10-9-8-4)11(5,6)7/h2*1-15H;4H,(H,5,6,7)/q2*+1;/p-2. The van der Waals surface area contributed by atoms with Crippen molar-refractivity contribution in [1.82, 2.24) is 0 Å². The molecule has 12 heteroatoms. The summed E-state index contributed by atoms with van der Waals surface area (Å²) in [5, 5.41) is 11.3. The molecule has 0 amide bonds. The third kappa shape index (κ3) is 11.6. The van der Waals surface area contributed by atoms with Gasteiger partial charge in [0.25, 0.3) is 0 Å². The fourth-order valence-corrected chi connectivity index (χ4v) is 8.98. The van der Waals surface area contributed by atoms with E-state index in [1.807, 2.05) is 0 Å². The molecular weight excluding hydrogens is 707 g/mol. The second-order valence-corrected chi connectivity index (χ2v) is 16.2. The summed E-state index contributed by atoms with van der Waals surface area (Å²) >= 11 is -1.18. The highest BCUT2D eigenvalue weighted by atomic mass is 32.3. The van der Waals surface area contributed by atoms with Crippen molar-refractivity contribution in [3.63, 3.8) is 0 Å². The van der Waals surface area contributed by atoms with E-state index in [2.05, 4.69) is 191 Å². The normalized spacial score (nSPS) is 11.2. The zero-order valence-electron chi connectivity index (χ0n) is 25.7. The molecule has 0 aliphatic heterocycles. The molecule has 0 bridgehead atoms. The topological polar surface area (TPSA) is 98.7 Å². The van der Waals surface area contributed by atoms with Gasteiger partial charge in [0.05, 0.1) is 21.8 Å².